The number of piperidine rings is 1. The minimum atomic E-state index is -0.744. The van der Waals surface area contributed by atoms with Crippen LogP contribution in [0.1, 0.15) is 96.3 Å². The molecule has 1 aromatic carbocycles. The summed E-state index contributed by atoms with van der Waals surface area (Å²) in [6.07, 6.45) is 14.5. The average molecular weight is 611 g/mol. The van der Waals surface area contributed by atoms with Gasteiger partial charge in [0.05, 0.1) is 24.5 Å². The fraction of sp³-hybridized carbons (Fsp3) is 0.676. The number of fused-ring (bicyclic) bond motifs is 1. The van der Waals surface area contributed by atoms with Gasteiger partial charge in [0.1, 0.15) is 28.7 Å². The quantitative estimate of drug-likeness (QED) is 0.257. The molecule has 8 nitrogen and oxygen atoms in total. The summed E-state index contributed by atoms with van der Waals surface area (Å²) in [6, 6.07) is 3.86. The van der Waals surface area contributed by atoms with Gasteiger partial charge in [-0.2, -0.15) is 0 Å². The minimum absolute atomic E-state index is 0.0382. The second-order valence-electron chi connectivity index (χ2n) is 13.8. The van der Waals surface area contributed by atoms with Gasteiger partial charge in [-0.25, -0.2) is 23.7 Å². The van der Waals surface area contributed by atoms with Gasteiger partial charge in [0.2, 0.25) is 5.95 Å². The molecule has 1 aliphatic heterocycles. The second kappa shape index (κ2) is 13.7. The third-order valence-corrected chi connectivity index (χ3v) is 10.2. The van der Waals surface area contributed by atoms with Gasteiger partial charge in [-0.3, -0.25) is 4.57 Å². The zero-order chi connectivity index (χ0) is 30.7. The summed E-state index contributed by atoms with van der Waals surface area (Å²) < 4.78 is 37.6. The van der Waals surface area contributed by atoms with E-state index < -0.39 is 17.2 Å². The summed E-state index contributed by atoms with van der Waals surface area (Å²) in [5, 5.41) is 13.5. The van der Waals surface area contributed by atoms with Gasteiger partial charge < -0.3 is 20.1 Å². The van der Waals surface area contributed by atoms with Crippen molar-refractivity contribution in [3.8, 4) is 0 Å². The number of aromatic nitrogens is 4. The molecule has 2 aromatic heterocycles. The van der Waals surface area contributed by atoms with E-state index in [2.05, 4.69) is 15.2 Å². The molecule has 2 aliphatic carbocycles. The van der Waals surface area contributed by atoms with E-state index in [0.717, 1.165) is 76.8 Å². The van der Waals surface area contributed by atoms with Crippen LogP contribution in [0.25, 0.3) is 11.2 Å². The molecule has 3 aromatic rings. The van der Waals surface area contributed by atoms with E-state index >= 15 is 0 Å². The van der Waals surface area contributed by atoms with E-state index in [1.807, 2.05) is 18.4 Å². The highest BCUT2D eigenvalue weighted by Crippen LogP contribution is 2.41. The summed E-state index contributed by atoms with van der Waals surface area (Å²) in [6.45, 7) is 8.02. The van der Waals surface area contributed by atoms with Gasteiger partial charge in [0.25, 0.3) is 0 Å². The number of likely N-dealkylation sites (tertiary alicyclic amines) is 1. The standard InChI is InChI=1S/C34H48F2N6O2/c1-34(2,43)24-11-13-25(14-12-24)42-32-29(38-33(42)40-31-27(35)7-6-8-28(31)36)22-37-30(39-32)21-23-9-15-26(16-10-23)44-20-19-41-17-4-3-5-18-41/h6-8,22-26,43H,3-5,9-21H2,1-2H3,(H,38,40). The number of nitrogens with zero attached hydrogens (tertiary/aromatic N) is 5. The third kappa shape index (κ3) is 7.40. The van der Waals surface area contributed by atoms with Gasteiger partial charge in [-0.05, 0) is 115 Å². The molecule has 3 heterocycles. The molecule has 0 bridgehead atoms. The number of hydrogen-bond donors (Lipinski definition) is 2. The average Bonchev–Trinajstić information content (AvgIpc) is 3.37. The Morgan fingerprint density at radius 1 is 0.955 bits per heavy atom. The van der Waals surface area contributed by atoms with E-state index in [0.29, 0.717) is 29.1 Å². The van der Waals surface area contributed by atoms with Gasteiger partial charge in [-0.15, -0.1) is 0 Å². The summed E-state index contributed by atoms with van der Waals surface area (Å²) in [5.41, 5.74) is 0.322. The largest absolute Gasteiger partial charge is 0.390 e. The summed E-state index contributed by atoms with van der Waals surface area (Å²) >= 11 is 0. The Morgan fingerprint density at radius 2 is 1.66 bits per heavy atom. The zero-order valence-corrected chi connectivity index (χ0v) is 26.3. The number of imidazole rings is 1. The number of ether oxygens (including phenoxy) is 1. The minimum Gasteiger partial charge on any atom is -0.390 e. The van der Waals surface area contributed by atoms with E-state index in [-0.39, 0.29) is 17.6 Å². The number of halogens is 2. The van der Waals surface area contributed by atoms with Gasteiger partial charge >= 0.3 is 0 Å². The highest BCUT2D eigenvalue weighted by atomic mass is 19.1. The summed E-state index contributed by atoms with van der Waals surface area (Å²) in [4.78, 5) is 16.9. The normalized spacial score (nSPS) is 25.4. The fourth-order valence-electron chi connectivity index (χ4n) is 7.52. The maximum atomic E-state index is 14.6. The number of rotatable bonds is 10. The number of hydrogen-bond acceptors (Lipinski definition) is 7. The van der Waals surface area contributed by atoms with Gasteiger partial charge in [-0.1, -0.05) is 12.5 Å². The van der Waals surface area contributed by atoms with Crippen molar-refractivity contribution in [2.24, 2.45) is 11.8 Å². The predicted molar refractivity (Wildman–Crippen MR) is 168 cm³/mol. The third-order valence-electron chi connectivity index (χ3n) is 10.2. The first-order valence-corrected chi connectivity index (χ1v) is 16.8. The summed E-state index contributed by atoms with van der Waals surface area (Å²) in [7, 11) is 0. The van der Waals surface area contributed by atoms with Crippen LogP contribution in [0, 0.1) is 23.5 Å². The Balaban J connectivity index is 1.15. The molecule has 0 spiro atoms. The van der Waals surface area contributed by atoms with Crippen LogP contribution < -0.4 is 5.32 Å². The van der Waals surface area contributed by atoms with E-state index in [1.54, 1.807) is 6.20 Å². The molecule has 3 fully saturated rings. The van der Waals surface area contributed by atoms with Crippen molar-refractivity contribution in [2.75, 3.05) is 31.6 Å². The lowest BCUT2D eigenvalue weighted by Gasteiger charge is -2.36. The lowest BCUT2D eigenvalue weighted by atomic mass is 9.77. The Bertz CT molecular complexity index is 1370. The lowest BCUT2D eigenvalue weighted by molar-refractivity contribution is -0.00458. The molecule has 2 N–H and O–H groups in total. The van der Waals surface area contributed by atoms with Crippen molar-refractivity contribution in [1.82, 2.24) is 24.4 Å². The monoisotopic (exact) mass is 610 g/mol. The first-order chi connectivity index (χ1) is 21.2. The number of para-hydroxylation sites is 1. The first kappa shape index (κ1) is 31.3. The molecule has 0 amide bonds. The van der Waals surface area contributed by atoms with Crippen molar-refractivity contribution in [3.05, 3.63) is 41.9 Å². The topological polar surface area (TPSA) is 88.3 Å². The second-order valence-corrected chi connectivity index (χ2v) is 13.8. The molecule has 44 heavy (non-hydrogen) atoms. The Morgan fingerprint density at radius 3 is 2.34 bits per heavy atom. The van der Waals surface area contributed by atoms with Crippen LogP contribution in [-0.4, -0.2) is 67.5 Å². The molecule has 0 unspecified atom stereocenters. The van der Waals surface area contributed by atoms with E-state index in [4.69, 9.17) is 14.7 Å². The van der Waals surface area contributed by atoms with Crippen molar-refractivity contribution in [3.63, 3.8) is 0 Å². The Kier molecular flexibility index (Phi) is 9.78. The van der Waals surface area contributed by atoms with Gasteiger partial charge in [0, 0.05) is 19.0 Å². The molecule has 3 aliphatic rings. The van der Waals surface area contributed by atoms with E-state index in [1.165, 1.54) is 50.6 Å². The fourth-order valence-corrected chi connectivity index (χ4v) is 7.52. The smallest absolute Gasteiger partial charge is 0.210 e. The van der Waals surface area contributed by atoms with E-state index in [9.17, 15) is 13.9 Å². The van der Waals surface area contributed by atoms with Gasteiger partial charge in [0.15, 0.2) is 5.65 Å². The zero-order valence-electron chi connectivity index (χ0n) is 26.3. The molecule has 0 radical (unpaired) electrons. The molecule has 1 saturated heterocycles. The van der Waals surface area contributed by atoms with Crippen molar-refractivity contribution >= 4 is 22.8 Å². The number of benzene rings is 1. The maximum Gasteiger partial charge on any atom is 0.210 e. The number of anilines is 2. The highest BCUT2D eigenvalue weighted by Gasteiger charge is 2.34. The molecule has 2 saturated carbocycles. The van der Waals surface area contributed by atoms with Crippen LogP contribution >= 0.6 is 0 Å². The van der Waals surface area contributed by atoms with Crippen molar-refractivity contribution in [1.29, 1.82) is 0 Å². The number of nitrogens with one attached hydrogen (secondary N) is 1. The summed E-state index contributed by atoms with van der Waals surface area (Å²) in [5.74, 6) is 0.492. The lowest BCUT2D eigenvalue weighted by Crippen LogP contribution is -2.34. The molecule has 240 valence electrons. The van der Waals surface area contributed by atoms with Crippen LogP contribution in [-0.2, 0) is 11.2 Å². The number of aliphatic hydroxyl groups is 1. The SMILES string of the molecule is CC(C)(O)C1CCC(n2c(Nc3c(F)cccc3F)nc3cnc(CC4CCC(OCCN5CCCCC5)CC4)nc32)CC1. The maximum absolute atomic E-state index is 14.6. The highest BCUT2D eigenvalue weighted by molar-refractivity contribution is 5.75. The molecular weight excluding hydrogens is 562 g/mol. The van der Waals surface area contributed by atoms with Crippen LogP contribution in [0.3, 0.4) is 0 Å². The predicted octanol–water partition coefficient (Wildman–Crippen LogP) is 6.95. The van der Waals surface area contributed by atoms with Crippen LogP contribution in [0.4, 0.5) is 20.4 Å². The molecule has 10 heteroatoms. The van der Waals surface area contributed by atoms with Crippen LogP contribution in [0.2, 0.25) is 0 Å². The molecular formula is C34H48F2N6O2. The molecule has 6 rings (SSSR count). The first-order valence-electron chi connectivity index (χ1n) is 16.8. The van der Waals surface area contributed by atoms with Crippen molar-refractivity contribution < 1.29 is 18.6 Å². The van der Waals surface area contributed by atoms with Crippen LogP contribution in [0.5, 0.6) is 0 Å². The Labute approximate surface area is 259 Å². The molecule has 0 atom stereocenters. The Hall–Kier alpha value is -2.69. The van der Waals surface area contributed by atoms with Crippen molar-refractivity contribution in [2.45, 2.75) is 109 Å². The van der Waals surface area contributed by atoms with Crippen LogP contribution in [0.15, 0.2) is 24.4 Å².